The molecule has 1 aromatic rings. The molecule has 2 unspecified atom stereocenters. The van der Waals surface area contributed by atoms with Crippen LogP contribution in [0, 0.1) is 5.92 Å². The Labute approximate surface area is 133 Å². The fourth-order valence-corrected chi connectivity index (χ4v) is 1.92. The number of hydrogen-bond acceptors (Lipinski definition) is 3. The third-order valence-electron chi connectivity index (χ3n) is 2.98. The van der Waals surface area contributed by atoms with Crippen LogP contribution < -0.4 is 11.1 Å². The minimum absolute atomic E-state index is 0. The van der Waals surface area contributed by atoms with E-state index in [-0.39, 0.29) is 30.7 Å². The average molecular weight is 325 g/mol. The van der Waals surface area contributed by atoms with Gasteiger partial charge >= 0.3 is 0 Å². The topological polar surface area (TPSA) is 72.9 Å². The Morgan fingerprint density at radius 2 is 2.15 bits per heavy atom. The number of nitrogens with one attached hydrogen (secondary N) is 1. The molecule has 0 aromatic carbocycles. The van der Waals surface area contributed by atoms with Gasteiger partial charge in [-0.25, -0.2) is 4.98 Å². The van der Waals surface area contributed by atoms with Gasteiger partial charge in [0.25, 0.3) is 0 Å². The molecule has 1 heterocycles. The van der Waals surface area contributed by atoms with E-state index in [1.54, 1.807) is 19.4 Å². The number of hydrogen-bond donors (Lipinski definition) is 2. The Balaban J connectivity index is 0. The summed E-state index contributed by atoms with van der Waals surface area (Å²) in [7, 11) is 0. The van der Waals surface area contributed by atoms with Crippen molar-refractivity contribution >= 4 is 30.7 Å². The lowest BCUT2D eigenvalue weighted by Gasteiger charge is -2.24. The van der Waals surface area contributed by atoms with Gasteiger partial charge in [-0.2, -0.15) is 0 Å². The number of halogens is 2. The average Bonchev–Trinajstić information content (AvgIpc) is 2.78. The van der Waals surface area contributed by atoms with E-state index < -0.39 is 5.54 Å². The third-order valence-corrected chi connectivity index (χ3v) is 2.98. The normalized spacial score (nSPS) is 14.4. The molecule has 7 heteroatoms. The molecule has 1 rings (SSSR count). The van der Waals surface area contributed by atoms with E-state index in [2.05, 4.69) is 17.2 Å². The molecule has 2 atom stereocenters. The lowest BCUT2D eigenvalue weighted by atomic mass is 9.96. The summed E-state index contributed by atoms with van der Waals surface area (Å²) in [5.41, 5.74) is 5.21. The van der Waals surface area contributed by atoms with Crippen LogP contribution in [0.15, 0.2) is 18.7 Å². The van der Waals surface area contributed by atoms with Gasteiger partial charge in [-0.1, -0.05) is 20.3 Å². The largest absolute Gasteiger partial charge is 0.354 e. The molecule has 0 aliphatic heterocycles. The predicted molar refractivity (Wildman–Crippen MR) is 86.4 cm³/mol. The molecular weight excluding hydrogens is 299 g/mol. The van der Waals surface area contributed by atoms with E-state index in [4.69, 9.17) is 5.73 Å². The molecule has 0 saturated carbocycles. The van der Waals surface area contributed by atoms with Crippen molar-refractivity contribution in [1.82, 2.24) is 14.9 Å². The van der Waals surface area contributed by atoms with E-state index in [9.17, 15) is 4.79 Å². The highest BCUT2D eigenvalue weighted by Gasteiger charge is 2.26. The Bertz CT molecular complexity index is 368. The summed E-state index contributed by atoms with van der Waals surface area (Å²) in [6.45, 7) is 7.38. The van der Waals surface area contributed by atoms with Gasteiger partial charge in [0.15, 0.2) is 0 Å². The van der Waals surface area contributed by atoms with Crippen LogP contribution >= 0.6 is 24.8 Å². The van der Waals surface area contributed by atoms with Gasteiger partial charge in [0, 0.05) is 25.5 Å². The van der Waals surface area contributed by atoms with E-state index >= 15 is 0 Å². The van der Waals surface area contributed by atoms with Crippen LogP contribution in [-0.2, 0) is 11.3 Å². The number of aromatic nitrogens is 2. The second kappa shape index (κ2) is 10.0. The molecule has 0 bridgehead atoms. The lowest BCUT2D eigenvalue weighted by Crippen LogP contribution is -2.52. The summed E-state index contributed by atoms with van der Waals surface area (Å²) in [5, 5.41) is 2.92. The van der Waals surface area contributed by atoms with Gasteiger partial charge in [-0.15, -0.1) is 24.8 Å². The van der Waals surface area contributed by atoms with E-state index in [0.29, 0.717) is 18.9 Å². The quantitative estimate of drug-likeness (QED) is 0.805. The van der Waals surface area contributed by atoms with Gasteiger partial charge in [0.1, 0.15) is 0 Å². The summed E-state index contributed by atoms with van der Waals surface area (Å²) in [6.07, 6.45) is 7.06. The first-order chi connectivity index (χ1) is 8.45. The number of imidazole rings is 1. The zero-order chi connectivity index (χ0) is 13.6. The number of rotatable bonds is 7. The van der Waals surface area contributed by atoms with Crippen LogP contribution in [0.2, 0.25) is 0 Å². The van der Waals surface area contributed by atoms with Crippen molar-refractivity contribution in [2.75, 3.05) is 6.54 Å². The maximum Gasteiger partial charge on any atom is 0.239 e. The molecule has 3 N–H and O–H groups in total. The molecule has 0 spiro atoms. The first-order valence-electron chi connectivity index (χ1n) is 6.48. The van der Waals surface area contributed by atoms with Crippen LogP contribution in [0.4, 0.5) is 0 Å². The van der Waals surface area contributed by atoms with Crippen molar-refractivity contribution in [2.24, 2.45) is 11.7 Å². The minimum Gasteiger partial charge on any atom is -0.354 e. The van der Waals surface area contributed by atoms with Crippen molar-refractivity contribution < 1.29 is 4.79 Å². The number of nitrogens with zero attached hydrogens (tertiary/aromatic N) is 2. The van der Waals surface area contributed by atoms with Gasteiger partial charge in [0.2, 0.25) is 5.91 Å². The van der Waals surface area contributed by atoms with Crippen LogP contribution in [-0.4, -0.2) is 27.5 Å². The molecule has 0 aliphatic carbocycles. The lowest BCUT2D eigenvalue weighted by molar-refractivity contribution is -0.126. The highest BCUT2D eigenvalue weighted by Crippen LogP contribution is 2.08. The molecule has 5 nitrogen and oxygen atoms in total. The van der Waals surface area contributed by atoms with E-state index in [0.717, 1.165) is 13.0 Å². The molecule has 1 amide bonds. The van der Waals surface area contributed by atoms with Gasteiger partial charge < -0.3 is 15.6 Å². The minimum atomic E-state index is -0.760. The van der Waals surface area contributed by atoms with Crippen LogP contribution in [0.25, 0.3) is 0 Å². The SMILES string of the molecule is CCCC(C)(N)C(=O)NCC(C)Cn1ccnc1.Cl.Cl. The monoisotopic (exact) mass is 324 g/mol. The first kappa shape index (κ1) is 21.5. The number of carbonyl (C=O) groups excluding carboxylic acids is 1. The predicted octanol–water partition coefficient (Wildman–Crippen LogP) is 2.00. The zero-order valence-electron chi connectivity index (χ0n) is 12.3. The van der Waals surface area contributed by atoms with Crippen LogP contribution in [0.5, 0.6) is 0 Å². The fourth-order valence-electron chi connectivity index (χ4n) is 1.92. The molecule has 20 heavy (non-hydrogen) atoms. The number of nitrogens with two attached hydrogens (primary N) is 1. The van der Waals surface area contributed by atoms with Crippen molar-refractivity contribution in [3.05, 3.63) is 18.7 Å². The third kappa shape index (κ3) is 7.12. The van der Waals surface area contributed by atoms with E-state index in [1.807, 2.05) is 17.7 Å². The second-order valence-electron chi connectivity index (χ2n) is 5.24. The number of amides is 1. The standard InChI is InChI=1S/C13H24N4O.2ClH/c1-4-5-13(3,14)12(18)16-8-11(2)9-17-7-6-15-10-17;;/h6-7,10-11H,4-5,8-9,14H2,1-3H3,(H,16,18);2*1H. The van der Waals surface area contributed by atoms with Gasteiger partial charge in [-0.3, -0.25) is 4.79 Å². The highest BCUT2D eigenvalue weighted by atomic mass is 35.5. The fraction of sp³-hybridized carbons (Fsp3) is 0.692. The van der Waals surface area contributed by atoms with Crippen molar-refractivity contribution in [2.45, 2.75) is 45.7 Å². The van der Waals surface area contributed by atoms with Crippen molar-refractivity contribution in [3.63, 3.8) is 0 Å². The molecule has 0 aliphatic rings. The molecule has 0 radical (unpaired) electrons. The summed E-state index contributed by atoms with van der Waals surface area (Å²) in [5.74, 6) is 0.280. The van der Waals surface area contributed by atoms with E-state index in [1.165, 1.54) is 0 Å². The summed E-state index contributed by atoms with van der Waals surface area (Å²) in [6, 6.07) is 0. The van der Waals surface area contributed by atoms with Crippen LogP contribution in [0.1, 0.15) is 33.6 Å². The van der Waals surface area contributed by atoms with Crippen LogP contribution in [0.3, 0.4) is 0 Å². The maximum atomic E-state index is 11.9. The molecular formula is C13H26Cl2N4O. The Hall–Kier alpha value is -0.780. The molecule has 0 fully saturated rings. The van der Waals surface area contributed by atoms with Crippen molar-refractivity contribution in [1.29, 1.82) is 0 Å². The summed E-state index contributed by atoms with van der Waals surface area (Å²) in [4.78, 5) is 15.9. The zero-order valence-corrected chi connectivity index (χ0v) is 14.0. The maximum absolute atomic E-state index is 11.9. The first-order valence-corrected chi connectivity index (χ1v) is 6.48. The molecule has 1 aromatic heterocycles. The Morgan fingerprint density at radius 3 is 2.65 bits per heavy atom. The van der Waals surface area contributed by atoms with Gasteiger partial charge in [0.05, 0.1) is 11.9 Å². The Morgan fingerprint density at radius 1 is 1.50 bits per heavy atom. The van der Waals surface area contributed by atoms with Gasteiger partial charge in [-0.05, 0) is 19.3 Å². The smallest absolute Gasteiger partial charge is 0.239 e. The highest BCUT2D eigenvalue weighted by molar-refractivity contribution is 5.86. The second-order valence-corrected chi connectivity index (χ2v) is 5.24. The summed E-state index contributed by atoms with van der Waals surface area (Å²) >= 11 is 0. The molecule has 118 valence electrons. The molecule has 0 saturated heterocycles. The summed E-state index contributed by atoms with van der Waals surface area (Å²) < 4.78 is 2.00. The Kier molecular flexibility index (Phi) is 10.8. The van der Waals surface area contributed by atoms with Crippen molar-refractivity contribution in [3.8, 4) is 0 Å². The number of carbonyl (C=O) groups is 1.